The van der Waals surface area contributed by atoms with E-state index >= 15 is 0 Å². The predicted molar refractivity (Wildman–Crippen MR) is 36.8 cm³/mol. The molecule has 1 spiro atoms. The zero-order chi connectivity index (χ0) is 7.95. The number of rotatable bonds is 1. The Morgan fingerprint density at radius 2 is 1.82 bits per heavy atom. The van der Waals surface area contributed by atoms with Crippen molar-refractivity contribution in [3.05, 3.63) is 0 Å². The monoisotopic (exact) mass is 161 g/mol. The molecule has 0 unspecified atom stereocenters. The second kappa shape index (κ2) is 2.15. The van der Waals surface area contributed by atoms with Gasteiger partial charge >= 0.3 is 0 Å². The molecule has 2 aliphatic rings. The van der Waals surface area contributed by atoms with Gasteiger partial charge in [0.1, 0.15) is 5.67 Å². The van der Waals surface area contributed by atoms with E-state index in [9.17, 15) is 4.39 Å². The van der Waals surface area contributed by atoms with Crippen molar-refractivity contribution in [2.45, 2.75) is 24.3 Å². The summed E-state index contributed by atoms with van der Waals surface area (Å²) in [7, 11) is 0. The van der Waals surface area contributed by atoms with Gasteiger partial charge in [-0.2, -0.15) is 0 Å². The van der Waals surface area contributed by atoms with Gasteiger partial charge in [-0.05, 0) is 0 Å². The molecule has 1 saturated heterocycles. The highest BCUT2D eigenvalue weighted by Crippen LogP contribution is 2.48. The smallest absolute Gasteiger partial charge is 0.174 e. The largest absolute Gasteiger partial charge is 0.347 e. The van der Waals surface area contributed by atoms with Crippen LogP contribution in [0, 0.1) is 0 Å². The van der Waals surface area contributed by atoms with Crippen molar-refractivity contribution in [2.24, 2.45) is 5.73 Å². The van der Waals surface area contributed by atoms with Crippen molar-refractivity contribution in [2.75, 3.05) is 19.8 Å². The molecule has 0 atom stereocenters. The molecule has 0 aromatic heterocycles. The molecule has 1 aliphatic heterocycles. The van der Waals surface area contributed by atoms with Crippen molar-refractivity contribution in [1.82, 2.24) is 0 Å². The second-order valence-corrected chi connectivity index (χ2v) is 3.32. The van der Waals surface area contributed by atoms with E-state index < -0.39 is 11.5 Å². The molecule has 1 saturated carbocycles. The quantitative estimate of drug-likeness (QED) is 0.597. The molecule has 11 heavy (non-hydrogen) atoms. The van der Waals surface area contributed by atoms with Crippen LogP contribution in [0.5, 0.6) is 0 Å². The van der Waals surface area contributed by atoms with E-state index in [1.807, 2.05) is 0 Å². The minimum Gasteiger partial charge on any atom is -0.347 e. The van der Waals surface area contributed by atoms with Gasteiger partial charge in [-0.3, -0.25) is 0 Å². The summed E-state index contributed by atoms with van der Waals surface area (Å²) in [6, 6.07) is 0. The Hall–Kier alpha value is -0.190. The van der Waals surface area contributed by atoms with Crippen LogP contribution in [0.1, 0.15) is 12.8 Å². The Labute approximate surface area is 64.6 Å². The third-order valence-corrected chi connectivity index (χ3v) is 2.35. The lowest BCUT2D eigenvalue weighted by Gasteiger charge is -2.46. The minimum absolute atomic E-state index is 0.0709. The van der Waals surface area contributed by atoms with Crippen molar-refractivity contribution >= 4 is 0 Å². The lowest BCUT2D eigenvalue weighted by molar-refractivity contribution is -0.261. The van der Waals surface area contributed by atoms with E-state index in [1.54, 1.807) is 0 Å². The standard InChI is InChI=1S/C7H12FNO2/c8-6(5-9)3-7(4-6)10-1-2-11-7/h1-5,9H2. The maximum atomic E-state index is 13.2. The SMILES string of the molecule is NCC1(F)CC2(C1)OCCO2. The summed E-state index contributed by atoms with van der Waals surface area (Å²) in [5.74, 6) is -0.603. The Kier molecular flexibility index (Phi) is 1.46. The fraction of sp³-hybridized carbons (Fsp3) is 1.00. The molecule has 64 valence electrons. The first kappa shape index (κ1) is 7.46. The summed E-state index contributed by atoms with van der Waals surface area (Å²) in [4.78, 5) is 0. The molecule has 0 radical (unpaired) electrons. The second-order valence-electron chi connectivity index (χ2n) is 3.32. The highest BCUT2D eigenvalue weighted by Gasteiger charge is 2.58. The van der Waals surface area contributed by atoms with Crippen LogP contribution < -0.4 is 5.73 Å². The zero-order valence-corrected chi connectivity index (χ0v) is 6.31. The van der Waals surface area contributed by atoms with Crippen LogP contribution in [0.25, 0.3) is 0 Å². The first-order valence-corrected chi connectivity index (χ1v) is 3.85. The Morgan fingerprint density at radius 1 is 1.27 bits per heavy atom. The van der Waals surface area contributed by atoms with Gasteiger partial charge in [0.25, 0.3) is 0 Å². The van der Waals surface area contributed by atoms with Crippen molar-refractivity contribution < 1.29 is 13.9 Å². The van der Waals surface area contributed by atoms with Crippen LogP contribution in [0.3, 0.4) is 0 Å². The summed E-state index contributed by atoms with van der Waals surface area (Å²) in [5.41, 5.74) is 4.00. The molecule has 2 N–H and O–H groups in total. The lowest BCUT2D eigenvalue weighted by Crippen LogP contribution is -2.58. The highest BCUT2D eigenvalue weighted by molar-refractivity contribution is 5.03. The minimum atomic E-state index is -1.23. The predicted octanol–water partition coefficient (Wildman–Crippen LogP) is 0.190. The maximum Gasteiger partial charge on any atom is 0.174 e. The summed E-state index contributed by atoms with van der Waals surface area (Å²) < 4.78 is 23.8. The van der Waals surface area contributed by atoms with Gasteiger partial charge in [-0.1, -0.05) is 0 Å². The fourth-order valence-corrected chi connectivity index (χ4v) is 1.76. The van der Waals surface area contributed by atoms with Crippen LogP contribution >= 0.6 is 0 Å². The number of ether oxygens (including phenoxy) is 2. The first-order chi connectivity index (χ1) is 5.18. The number of halogens is 1. The molecule has 2 rings (SSSR count). The van der Waals surface area contributed by atoms with E-state index in [2.05, 4.69) is 0 Å². The molecule has 0 aromatic carbocycles. The van der Waals surface area contributed by atoms with Gasteiger partial charge in [-0.15, -0.1) is 0 Å². The van der Waals surface area contributed by atoms with E-state index in [1.165, 1.54) is 0 Å². The van der Waals surface area contributed by atoms with Crippen molar-refractivity contribution in [3.63, 3.8) is 0 Å². The van der Waals surface area contributed by atoms with Crippen molar-refractivity contribution in [1.29, 1.82) is 0 Å². The Balaban J connectivity index is 1.95. The van der Waals surface area contributed by atoms with Gasteiger partial charge in [0.15, 0.2) is 5.79 Å². The average Bonchev–Trinajstić information content (AvgIpc) is 2.35. The molecule has 3 nitrogen and oxygen atoms in total. The Morgan fingerprint density at radius 3 is 2.27 bits per heavy atom. The summed E-state index contributed by atoms with van der Waals surface area (Å²) in [6.07, 6.45) is 0.604. The number of alkyl halides is 1. The highest BCUT2D eigenvalue weighted by atomic mass is 19.1. The number of nitrogens with two attached hydrogens (primary N) is 1. The topological polar surface area (TPSA) is 44.5 Å². The molecule has 2 fully saturated rings. The van der Waals surface area contributed by atoms with E-state index in [0.29, 0.717) is 26.1 Å². The van der Waals surface area contributed by atoms with E-state index in [4.69, 9.17) is 15.2 Å². The maximum absolute atomic E-state index is 13.2. The normalized spacial score (nSPS) is 32.2. The van der Waals surface area contributed by atoms with E-state index in [0.717, 1.165) is 0 Å². The first-order valence-electron chi connectivity index (χ1n) is 3.85. The molecule has 1 aliphatic carbocycles. The van der Waals surface area contributed by atoms with Crippen LogP contribution in [-0.2, 0) is 9.47 Å². The third-order valence-electron chi connectivity index (χ3n) is 2.35. The summed E-state index contributed by atoms with van der Waals surface area (Å²) in [6.45, 7) is 1.24. The lowest BCUT2D eigenvalue weighted by atomic mass is 9.76. The number of hydrogen-bond donors (Lipinski definition) is 1. The zero-order valence-electron chi connectivity index (χ0n) is 6.31. The van der Waals surface area contributed by atoms with Gasteiger partial charge in [0.05, 0.1) is 13.2 Å². The van der Waals surface area contributed by atoms with Gasteiger partial charge in [0, 0.05) is 19.4 Å². The van der Waals surface area contributed by atoms with Crippen molar-refractivity contribution in [3.8, 4) is 0 Å². The average molecular weight is 161 g/mol. The van der Waals surface area contributed by atoms with Crippen LogP contribution in [0.2, 0.25) is 0 Å². The van der Waals surface area contributed by atoms with Crippen LogP contribution in [-0.4, -0.2) is 31.2 Å². The van der Waals surface area contributed by atoms with Gasteiger partial charge in [0.2, 0.25) is 0 Å². The molecular weight excluding hydrogens is 149 g/mol. The van der Waals surface area contributed by atoms with E-state index in [-0.39, 0.29) is 6.54 Å². The number of hydrogen-bond acceptors (Lipinski definition) is 3. The fourth-order valence-electron chi connectivity index (χ4n) is 1.76. The van der Waals surface area contributed by atoms with Gasteiger partial charge < -0.3 is 15.2 Å². The molecule has 4 heteroatoms. The molecule has 1 heterocycles. The molecule has 0 bridgehead atoms. The van der Waals surface area contributed by atoms with Crippen LogP contribution in [0.4, 0.5) is 4.39 Å². The van der Waals surface area contributed by atoms with Gasteiger partial charge in [-0.25, -0.2) is 4.39 Å². The van der Waals surface area contributed by atoms with Crippen LogP contribution in [0.15, 0.2) is 0 Å². The summed E-state index contributed by atoms with van der Waals surface area (Å²) in [5, 5.41) is 0. The Bertz CT molecular complexity index is 160. The third kappa shape index (κ3) is 1.06. The molecule has 0 aromatic rings. The summed E-state index contributed by atoms with van der Waals surface area (Å²) >= 11 is 0. The molecular formula is C7H12FNO2. The molecule has 0 amide bonds.